The Kier molecular flexibility index (Phi) is 6.37. The Morgan fingerprint density at radius 2 is 1.60 bits per heavy atom. The van der Waals surface area contributed by atoms with Crippen molar-refractivity contribution in [3.05, 3.63) is 35.9 Å². The molecule has 0 spiro atoms. The summed E-state index contributed by atoms with van der Waals surface area (Å²) in [6.45, 7) is 3.00. The summed E-state index contributed by atoms with van der Waals surface area (Å²) in [4.78, 5) is 28.4. The van der Waals surface area contributed by atoms with Crippen LogP contribution in [0.1, 0.15) is 30.7 Å². The Labute approximate surface area is 153 Å². The lowest BCUT2D eigenvalue weighted by molar-refractivity contribution is -0.129. The second-order valence-electron chi connectivity index (χ2n) is 6.91. The molecule has 6 heteroatoms. The van der Waals surface area contributed by atoms with E-state index in [4.69, 9.17) is 5.73 Å². The summed E-state index contributed by atoms with van der Waals surface area (Å²) in [5, 5.41) is 0. The Hall–Kier alpha value is -1.53. The molecule has 2 N–H and O–H groups in total. The van der Waals surface area contributed by atoms with Crippen molar-refractivity contribution in [2.75, 3.05) is 37.7 Å². The summed E-state index contributed by atoms with van der Waals surface area (Å²) in [5.41, 5.74) is 7.44. The van der Waals surface area contributed by atoms with Gasteiger partial charge < -0.3 is 15.5 Å². The van der Waals surface area contributed by atoms with Crippen LogP contribution in [0.15, 0.2) is 30.3 Å². The van der Waals surface area contributed by atoms with Gasteiger partial charge in [0.2, 0.25) is 11.8 Å². The maximum Gasteiger partial charge on any atom is 0.232 e. The molecule has 0 unspecified atom stereocenters. The Bertz CT molecular complexity index is 590. The zero-order valence-electron chi connectivity index (χ0n) is 14.6. The van der Waals surface area contributed by atoms with E-state index in [-0.39, 0.29) is 23.8 Å². The van der Waals surface area contributed by atoms with Crippen molar-refractivity contribution < 1.29 is 9.59 Å². The average molecular weight is 362 g/mol. The Morgan fingerprint density at radius 1 is 0.960 bits per heavy atom. The molecule has 2 aliphatic heterocycles. The number of thioether (sulfide) groups is 1. The van der Waals surface area contributed by atoms with E-state index in [1.165, 1.54) is 23.7 Å². The van der Waals surface area contributed by atoms with Crippen LogP contribution in [0, 0.1) is 0 Å². The normalized spacial score (nSPS) is 23.7. The number of benzene rings is 1. The van der Waals surface area contributed by atoms with Gasteiger partial charge in [0, 0.05) is 38.1 Å². The largest absolute Gasteiger partial charge is 0.342 e. The van der Waals surface area contributed by atoms with Gasteiger partial charge in [-0.1, -0.05) is 30.3 Å². The van der Waals surface area contributed by atoms with Crippen molar-refractivity contribution in [2.45, 2.75) is 31.2 Å². The zero-order chi connectivity index (χ0) is 17.6. The van der Waals surface area contributed by atoms with E-state index in [1.54, 1.807) is 0 Å². The predicted octanol–water partition coefficient (Wildman–Crippen LogP) is 1.69. The van der Waals surface area contributed by atoms with Crippen molar-refractivity contribution >= 4 is 23.6 Å². The molecule has 2 fully saturated rings. The number of carbonyl (C=O) groups is 2. The first kappa shape index (κ1) is 18.3. The highest BCUT2D eigenvalue weighted by Gasteiger charge is 2.33. The second kappa shape index (κ2) is 8.72. The summed E-state index contributed by atoms with van der Waals surface area (Å²) in [5.74, 6) is 1.20. The van der Waals surface area contributed by atoms with Crippen molar-refractivity contribution in [1.82, 2.24) is 9.80 Å². The maximum absolute atomic E-state index is 12.5. The third-order valence-corrected chi connectivity index (χ3v) is 6.01. The van der Waals surface area contributed by atoms with Crippen molar-refractivity contribution in [3.8, 4) is 0 Å². The molecule has 0 saturated carbocycles. The minimum absolute atomic E-state index is 0.0219. The van der Waals surface area contributed by atoms with Crippen molar-refractivity contribution in [2.24, 2.45) is 5.73 Å². The fourth-order valence-corrected chi connectivity index (χ4v) is 4.45. The third-order valence-electron chi connectivity index (χ3n) is 5.11. The predicted molar refractivity (Wildman–Crippen MR) is 101 cm³/mol. The van der Waals surface area contributed by atoms with Crippen LogP contribution < -0.4 is 5.73 Å². The highest BCUT2D eigenvalue weighted by molar-refractivity contribution is 8.00. The molecule has 2 saturated heterocycles. The number of piperidine rings is 1. The van der Waals surface area contributed by atoms with E-state index in [0.29, 0.717) is 24.6 Å². The number of nitrogens with zero attached hydrogens (tertiary/aromatic N) is 2. The van der Waals surface area contributed by atoms with Gasteiger partial charge in [-0.3, -0.25) is 9.59 Å². The van der Waals surface area contributed by atoms with Gasteiger partial charge in [0.15, 0.2) is 0 Å². The van der Waals surface area contributed by atoms with Crippen LogP contribution in [0.4, 0.5) is 0 Å². The summed E-state index contributed by atoms with van der Waals surface area (Å²) in [7, 11) is 0. The lowest BCUT2D eigenvalue weighted by Crippen LogP contribution is -2.37. The summed E-state index contributed by atoms with van der Waals surface area (Å²) in [6, 6.07) is 10.1. The lowest BCUT2D eigenvalue weighted by Gasteiger charge is -2.26. The molecule has 0 aromatic heterocycles. The Morgan fingerprint density at radius 3 is 2.28 bits per heavy atom. The van der Waals surface area contributed by atoms with Crippen LogP contribution >= 0.6 is 11.8 Å². The number of likely N-dealkylation sites (tertiary alicyclic amines) is 2. The molecule has 2 amide bonds. The van der Waals surface area contributed by atoms with E-state index >= 15 is 0 Å². The van der Waals surface area contributed by atoms with Gasteiger partial charge in [-0.05, 0) is 24.8 Å². The highest BCUT2D eigenvalue weighted by atomic mass is 32.2. The molecule has 5 nitrogen and oxygen atoms in total. The highest BCUT2D eigenvalue weighted by Crippen LogP contribution is 2.26. The lowest BCUT2D eigenvalue weighted by atomic mass is 9.95. The molecule has 1 aromatic rings. The van der Waals surface area contributed by atoms with E-state index < -0.39 is 0 Å². The van der Waals surface area contributed by atoms with Gasteiger partial charge in [-0.25, -0.2) is 0 Å². The molecule has 3 rings (SSSR count). The van der Waals surface area contributed by atoms with E-state index in [0.717, 1.165) is 25.9 Å². The number of amides is 2. The molecule has 0 bridgehead atoms. The van der Waals surface area contributed by atoms with E-state index in [2.05, 4.69) is 12.1 Å². The second-order valence-corrected chi connectivity index (χ2v) is 7.90. The molecular weight excluding hydrogens is 334 g/mol. The molecule has 1 aromatic carbocycles. The fourth-order valence-electron chi connectivity index (χ4n) is 3.64. The summed E-state index contributed by atoms with van der Waals surface area (Å²) in [6.07, 6.45) is 3.41. The number of hydrogen-bond donors (Lipinski definition) is 1. The summed E-state index contributed by atoms with van der Waals surface area (Å²) >= 11 is 1.42. The molecule has 0 aliphatic carbocycles. The average Bonchev–Trinajstić information content (AvgIpc) is 3.05. The molecule has 2 heterocycles. The van der Waals surface area contributed by atoms with Crippen LogP contribution in [-0.2, 0) is 9.59 Å². The topological polar surface area (TPSA) is 66.6 Å². The van der Waals surface area contributed by atoms with Gasteiger partial charge in [0.1, 0.15) is 0 Å². The smallest absolute Gasteiger partial charge is 0.232 e. The third kappa shape index (κ3) is 4.76. The van der Waals surface area contributed by atoms with Gasteiger partial charge in [0.25, 0.3) is 0 Å². The van der Waals surface area contributed by atoms with Crippen LogP contribution in [0.5, 0.6) is 0 Å². The number of rotatable bonds is 5. The molecule has 0 radical (unpaired) electrons. The number of hydrogen-bond acceptors (Lipinski definition) is 4. The molecule has 25 heavy (non-hydrogen) atoms. The first-order valence-corrected chi connectivity index (χ1v) is 10.2. The van der Waals surface area contributed by atoms with E-state index in [1.807, 2.05) is 28.0 Å². The van der Waals surface area contributed by atoms with Crippen LogP contribution in [-0.4, -0.2) is 65.3 Å². The van der Waals surface area contributed by atoms with Crippen molar-refractivity contribution in [3.63, 3.8) is 0 Å². The standard InChI is InChI=1S/C19H27N3O2S/c20-17-12-22(11-16(17)15-7-3-1-4-8-15)19(24)14-25-13-18(23)21-9-5-2-6-10-21/h1,3-4,7-8,16-17H,2,5-6,9-14,20H2/t16-,17+/m0/s1. The van der Waals surface area contributed by atoms with Crippen molar-refractivity contribution in [1.29, 1.82) is 0 Å². The quantitative estimate of drug-likeness (QED) is 0.867. The Balaban J connectivity index is 1.43. The molecule has 136 valence electrons. The SMILES string of the molecule is N[C@@H]1CN(C(=O)CSCC(=O)N2CCCCC2)C[C@H]1c1ccccc1. The first-order chi connectivity index (χ1) is 12.1. The van der Waals surface area contributed by atoms with Crippen LogP contribution in [0.3, 0.4) is 0 Å². The maximum atomic E-state index is 12.5. The van der Waals surface area contributed by atoms with Gasteiger partial charge >= 0.3 is 0 Å². The summed E-state index contributed by atoms with van der Waals surface area (Å²) < 4.78 is 0. The zero-order valence-corrected chi connectivity index (χ0v) is 15.4. The van der Waals surface area contributed by atoms with Crippen LogP contribution in [0.2, 0.25) is 0 Å². The molecular formula is C19H27N3O2S. The van der Waals surface area contributed by atoms with Crippen LogP contribution in [0.25, 0.3) is 0 Å². The number of carbonyl (C=O) groups excluding carboxylic acids is 2. The van der Waals surface area contributed by atoms with Gasteiger partial charge in [-0.2, -0.15) is 0 Å². The number of nitrogens with two attached hydrogens (primary N) is 1. The molecule has 2 aliphatic rings. The molecule has 2 atom stereocenters. The van der Waals surface area contributed by atoms with E-state index in [9.17, 15) is 9.59 Å². The van der Waals surface area contributed by atoms with Gasteiger partial charge in [0.05, 0.1) is 11.5 Å². The first-order valence-electron chi connectivity index (χ1n) is 9.09. The fraction of sp³-hybridized carbons (Fsp3) is 0.579. The monoisotopic (exact) mass is 361 g/mol. The van der Waals surface area contributed by atoms with Gasteiger partial charge in [-0.15, -0.1) is 11.8 Å². The minimum atomic E-state index is -0.0219. The minimum Gasteiger partial charge on any atom is -0.342 e.